The first-order valence-electron chi connectivity index (χ1n) is 12.5. The minimum atomic E-state index is -2.43. The molecule has 0 spiro atoms. The summed E-state index contributed by atoms with van der Waals surface area (Å²) in [6.45, 7) is 14.8. The summed E-state index contributed by atoms with van der Waals surface area (Å²) in [4.78, 5) is 10.9. The van der Waals surface area contributed by atoms with Crippen LogP contribution in [0.4, 0.5) is 0 Å². The summed E-state index contributed by atoms with van der Waals surface area (Å²) in [6, 6.07) is 0. The topological polar surface area (TPSA) is 157 Å². The second-order valence-electron chi connectivity index (χ2n) is 10.3. The van der Waals surface area contributed by atoms with E-state index in [-0.39, 0.29) is 64.7 Å². The molecule has 0 fully saturated rings. The van der Waals surface area contributed by atoms with Crippen LogP contribution in [0.15, 0.2) is 0 Å². The highest BCUT2D eigenvalue weighted by Crippen LogP contribution is 2.46. The first-order valence-corrected chi connectivity index (χ1v) is 13.6. The van der Waals surface area contributed by atoms with Crippen LogP contribution in [0.25, 0.3) is 0 Å². The molecule has 0 aromatic carbocycles. The number of ether oxygens (including phenoxy) is 4. The van der Waals surface area contributed by atoms with Crippen LogP contribution in [-0.2, 0) is 28.0 Å². The highest BCUT2D eigenvalue weighted by molar-refractivity contribution is 7.40. The normalized spacial score (nSPS) is 21.6. The maximum atomic E-state index is 10.9. The van der Waals surface area contributed by atoms with E-state index in [0.717, 1.165) is 0 Å². The molecule has 0 radical (unpaired) electrons. The maximum Gasteiger partial charge on any atom is 0.331 e. The molecular formula is C24H51O11P. The minimum Gasteiger partial charge on any atom is -0.391 e. The van der Waals surface area contributed by atoms with Gasteiger partial charge in [-0.25, -0.2) is 0 Å². The lowest BCUT2D eigenvalue weighted by Crippen LogP contribution is -2.45. The van der Waals surface area contributed by atoms with Gasteiger partial charge < -0.3 is 53.3 Å². The number of aliphatic hydroxyl groups is 4. The average molecular weight is 547 g/mol. The van der Waals surface area contributed by atoms with Crippen LogP contribution < -0.4 is 0 Å². The van der Waals surface area contributed by atoms with Crippen molar-refractivity contribution >= 4 is 8.60 Å². The highest BCUT2D eigenvalue weighted by Gasteiger charge is 2.41. The van der Waals surface area contributed by atoms with Gasteiger partial charge in [0.05, 0.1) is 77.3 Å². The molecule has 0 aliphatic heterocycles. The number of aliphatic hydroxyl groups excluding tert-OH is 4. The second-order valence-corrected chi connectivity index (χ2v) is 11.2. The number of hydrogen-bond acceptors (Lipinski definition) is 11. The van der Waals surface area contributed by atoms with Crippen LogP contribution in [0.2, 0.25) is 0 Å². The molecular weight excluding hydrogens is 495 g/mol. The van der Waals surface area contributed by atoms with E-state index < -0.39 is 44.2 Å². The molecule has 0 heterocycles. The number of rotatable bonds is 22. The van der Waals surface area contributed by atoms with Crippen LogP contribution in [0.3, 0.4) is 0 Å². The van der Waals surface area contributed by atoms with Crippen molar-refractivity contribution < 1.29 is 53.3 Å². The Kier molecular flexibility index (Phi) is 18.3. The third-order valence-electron chi connectivity index (χ3n) is 5.61. The Balaban J connectivity index is 5.45. The molecule has 12 heteroatoms. The summed E-state index contributed by atoms with van der Waals surface area (Å²) in [5.74, 6) is -0.536. The van der Waals surface area contributed by atoms with Gasteiger partial charge in [-0.15, -0.1) is 0 Å². The van der Waals surface area contributed by atoms with E-state index in [2.05, 4.69) is 0 Å². The van der Waals surface area contributed by atoms with Crippen molar-refractivity contribution in [2.24, 2.45) is 11.8 Å². The van der Waals surface area contributed by atoms with Gasteiger partial charge in [0, 0.05) is 11.8 Å². The van der Waals surface area contributed by atoms with E-state index >= 15 is 0 Å². The molecule has 36 heavy (non-hydrogen) atoms. The van der Waals surface area contributed by atoms with Gasteiger partial charge >= 0.3 is 8.60 Å². The zero-order valence-electron chi connectivity index (χ0n) is 23.3. The van der Waals surface area contributed by atoms with E-state index in [4.69, 9.17) is 28.0 Å². The minimum absolute atomic E-state index is 0.0577. The van der Waals surface area contributed by atoms with Crippen molar-refractivity contribution in [3.8, 4) is 0 Å². The summed E-state index contributed by atoms with van der Waals surface area (Å²) in [5.41, 5.74) is -2.08. The third-order valence-corrected chi connectivity index (χ3v) is 6.75. The molecule has 218 valence electrons. The Bertz CT molecular complexity index is 506. The van der Waals surface area contributed by atoms with Crippen LogP contribution in [0.5, 0.6) is 0 Å². The van der Waals surface area contributed by atoms with Crippen LogP contribution in [0.1, 0.15) is 55.4 Å². The van der Waals surface area contributed by atoms with Gasteiger partial charge in [0.2, 0.25) is 0 Å². The largest absolute Gasteiger partial charge is 0.391 e. The standard InChI is InChI=1S/C24H51O11P/c1-17(9-30-11-19(3)25)23(7,15-32-13-21(5)27)34-36(29)35-24(8,16-33-14-22(6)28)18(2)10-31-12-20(4)26/h17-22,25-29H,9-16H2,1-8H3. The Labute approximate surface area is 218 Å². The second kappa shape index (κ2) is 18.3. The summed E-state index contributed by atoms with van der Waals surface area (Å²) in [7, 11) is -2.43. The fraction of sp³-hybridized carbons (Fsp3) is 1.00. The summed E-state index contributed by atoms with van der Waals surface area (Å²) in [5, 5.41) is 38.1. The predicted molar refractivity (Wildman–Crippen MR) is 136 cm³/mol. The lowest BCUT2D eigenvalue weighted by molar-refractivity contribution is -0.117. The molecule has 0 aromatic heterocycles. The van der Waals surface area contributed by atoms with Gasteiger partial charge in [0.15, 0.2) is 0 Å². The molecule has 5 N–H and O–H groups in total. The van der Waals surface area contributed by atoms with Crippen LogP contribution in [-0.4, -0.2) is 114 Å². The molecule has 8 unspecified atom stereocenters. The fourth-order valence-corrected chi connectivity index (χ4v) is 4.16. The Morgan fingerprint density at radius 3 is 1.08 bits per heavy atom. The Morgan fingerprint density at radius 2 is 0.806 bits per heavy atom. The van der Waals surface area contributed by atoms with E-state index in [9.17, 15) is 25.3 Å². The van der Waals surface area contributed by atoms with Crippen molar-refractivity contribution in [1.82, 2.24) is 0 Å². The molecule has 0 aliphatic carbocycles. The predicted octanol–water partition coefficient (Wildman–Crippen LogP) is 1.62. The molecule has 0 amide bonds. The van der Waals surface area contributed by atoms with Gasteiger partial charge in [0.25, 0.3) is 0 Å². The van der Waals surface area contributed by atoms with Crippen molar-refractivity contribution in [3.63, 3.8) is 0 Å². The summed E-state index contributed by atoms with van der Waals surface area (Å²) >= 11 is 0. The fourth-order valence-electron chi connectivity index (χ4n) is 2.94. The molecule has 0 aromatic rings. The monoisotopic (exact) mass is 546 g/mol. The van der Waals surface area contributed by atoms with E-state index in [0.29, 0.717) is 0 Å². The molecule has 0 rings (SSSR count). The molecule has 8 atom stereocenters. The first kappa shape index (κ1) is 36.0. The zero-order valence-corrected chi connectivity index (χ0v) is 24.1. The summed E-state index contributed by atoms with van der Waals surface area (Å²) in [6.07, 6.45) is -2.57. The first-order chi connectivity index (χ1) is 16.6. The average Bonchev–Trinajstić information content (AvgIpc) is 2.72. The van der Waals surface area contributed by atoms with E-state index in [1.807, 2.05) is 13.8 Å². The zero-order chi connectivity index (χ0) is 27.9. The highest BCUT2D eigenvalue weighted by atomic mass is 31.2. The van der Waals surface area contributed by atoms with Gasteiger partial charge in [-0.3, -0.25) is 0 Å². The number of hydrogen-bond donors (Lipinski definition) is 5. The van der Waals surface area contributed by atoms with Crippen molar-refractivity contribution in [1.29, 1.82) is 0 Å². The van der Waals surface area contributed by atoms with Crippen LogP contribution in [0, 0.1) is 11.8 Å². The lowest BCUT2D eigenvalue weighted by Gasteiger charge is -2.40. The Morgan fingerprint density at radius 1 is 0.528 bits per heavy atom. The SMILES string of the molecule is CC(O)COCC(C)C(C)(COCC(C)O)OP(O)OC(C)(COCC(C)O)C(C)COCC(C)O. The molecule has 0 saturated carbocycles. The van der Waals surface area contributed by atoms with Crippen LogP contribution >= 0.6 is 8.60 Å². The van der Waals surface area contributed by atoms with Gasteiger partial charge in [0.1, 0.15) is 11.2 Å². The van der Waals surface area contributed by atoms with Gasteiger partial charge in [-0.1, -0.05) is 13.8 Å². The molecule has 11 nitrogen and oxygen atoms in total. The van der Waals surface area contributed by atoms with E-state index in [1.165, 1.54) is 0 Å². The smallest absolute Gasteiger partial charge is 0.331 e. The van der Waals surface area contributed by atoms with Crippen molar-refractivity contribution in [3.05, 3.63) is 0 Å². The van der Waals surface area contributed by atoms with E-state index in [1.54, 1.807) is 41.5 Å². The third kappa shape index (κ3) is 16.1. The van der Waals surface area contributed by atoms with Crippen molar-refractivity contribution in [2.75, 3.05) is 52.9 Å². The Hall–Kier alpha value is -0.0100. The lowest BCUT2D eigenvalue weighted by atomic mass is 9.92. The van der Waals surface area contributed by atoms with Gasteiger partial charge in [-0.05, 0) is 41.5 Å². The molecule has 0 saturated heterocycles. The van der Waals surface area contributed by atoms with Gasteiger partial charge in [-0.2, -0.15) is 0 Å². The molecule has 0 bridgehead atoms. The summed E-state index contributed by atoms with van der Waals surface area (Å²) < 4.78 is 34.4. The van der Waals surface area contributed by atoms with Crippen molar-refractivity contribution in [2.45, 2.75) is 91.0 Å². The molecule has 0 aliphatic rings. The maximum absolute atomic E-state index is 10.9. The quantitative estimate of drug-likeness (QED) is 0.126.